The number of aliphatic carboxylic acids is 1. The Bertz CT molecular complexity index is 1280. The largest absolute Gasteiger partial charge is 0.480 e. The van der Waals surface area contributed by atoms with E-state index in [1.165, 1.54) is 37.7 Å². The number of carboxylic acid groups (broad SMARTS) is 1. The molecular formula is C19H20FN5O5S. The third-order valence-electron chi connectivity index (χ3n) is 4.61. The molecule has 0 fully saturated rings. The maximum absolute atomic E-state index is 13.3. The lowest BCUT2D eigenvalue weighted by molar-refractivity contribution is -0.140. The van der Waals surface area contributed by atoms with E-state index >= 15 is 0 Å². The number of benzene rings is 1. The van der Waals surface area contributed by atoms with E-state index in [2.05, 4.69) is 10.3 Å². The van der Waals surface area contributed by atoms with E-state index in [0.29, 0.717) is 5.56 Å². The zero-order valence-electron chi connectivity index (χ0n) is 17.0. The van der Waals surface area contributed by atoms with E-state index in [-0.39, 0.29) is 28.6 Å². The van der Waals surface area contributed by atoms with Crippen molar-refractivity contribution in [3.63, 3.8) is 0 Å². The van der Waals surface area contributed by atoms with E-state index in [1.807, 2.05) is 0 Å². The van der Waals surface area contributed by atoms with Gasteiger partial charge in [0.05, 0.1) is 6.54 Å². The number of aryl methyl sites for hydroxylation is 1. The topological polar surface area (TPSA) is 128 Å². The van der Waals surface area contributed by atoms with Crippen LogP contribution in [0.15, 0.2) is 39.0 Å². The number of amides is 1. The van der Waals surface area contributed by atoms with Crippen LogP contribution in [0.3, 0.4) is 0 Å². The smallest absolute Gasteiger partial charge is 0.332 e. The lowest BCUT2D eigenvalue weighted by Gasteiger charge is -2.14. The van der Waals surface area contributed by atoms with Crippen LogP contribution in [0.4, 0.5) is 4.39 Å². The van der Waals surface area contributed by atoms with Crippen LogP contribution in [0.5, 0.6) is 0 Å². The summed E-state index contributed by atoms with van der Waals surface area (Å²) in [5, 5.41) is 12.0. The first kappa shape index (κ1) is 22.3. The summed E-state index contributed by atoms with van der Waals surface area (Å²) < 4.78 is 17.1. The van der Waals surface area contributed by atoms with Crippen molar-refractivity contribution in [2.75, 3.05) is 5.75 Å². The zero-order chi connectivity index (χ0) is 22.9. The molecule has 31 heavy (non-hydrogen) atoms. The second-order valence-electron chi connectivity index (χ2n) is 6.89. The molecule has 1 atom stereocenters. The number of imidazole rings is 1. The van der Waals surface area contributed by atoms with Gasteiger partial charge in [-0.3, -0.25) is 18.7 Å². The fourth-order valence-electron chi connectivity index (χ4n) is 3.07. The summed E-state index contributed by atoms with van der Waals surface area (Å²) >= 11 is 1.02. The number of carbonyl (C=O) groups is 2. The van der Waals surface area contributed by atoms with Gasteiger partial charge in [0, 0.05) is 26.8 Å². The molecule has 1 amide bonds. The number of fused-ring (bicyclic) bond motifs is 1. The van der Waals surface area contributed by atoms with Crippen molar-refractivity contribution in [2.45, 2.75) is 24.7 Å². The maximum Gasteiger partial charge on any atom is 0.332 e. The number of hydrogen-bond donors (Lipinski definition) is 2. The number of halogens is 1. The summed E-state index contributed by atoms with van der Waals surface area (Å²) in [6, 6.07) is 4.53. The summed E-state index contributed by atoms with van der Waals surface area (Å²) in [5.74, 6) is -2.18. The Hall–Kier alpha value is -3.41. The van der Waals surface area contributed by atoms with Crippen molar-refractivity contribution in [1.29, 1.82) is 0 Å². The van der Waals surface area contributed by atoms with Gasteiger partial charge in [-0.25, -0.2) is 19.0 Å². The van der Waals surface area contributed by atoms with Crippen molar-refractivity contribution in [2.24, 2.45) is 14.1 Å². The van der Waals surface area contributed by atoms with Gasteiger partial charge in [-0.2, -0.15) is 0 Å². The van der Waals surface area contributed by atoms with Crippen LogP contribution in [0, 0.1) is 5.82 Å². The Morgan fingerprint density at radius 2 is 1.84 bits per heavy atom. The van der Waals surface area contributed by atoms with E-state index in [1.54, 1.807) is 16.7 Å². The molecule has 0 spiro atoms. The normalized spacial score (nSPS) is 12.1. The lowest BCUT2D eigenvalue weighted by atomic mass is 10.2. The van der Waals surface area contributed by atoms with Crippen LogP contribution in [-0.2, 0) is 30.2 Å². The van der Waals surface area contributed by atoms with Gasteiger partial charge >= 0.3 is 11.7 Å². The minimum absolute atomic E-state index is 0.0422. The Morgan fingerprint density at radius 1 is 1.19 bits per heavy atom. The molecule has 10 nitrogen and oxygen atoms in total. The average Bonchev–Trinajstić information content (AvgIpc) is 3.07. The van der Waals surface area contributed by atoms with Gasteiger partial charge in [0.2, 0.25) is 5.91 Å². The molecule has 3 aromatic rings. The van der Waals surface area contributed by atoms with E-state index in [0.717, 1.165) is 16.3 Å². The number of carbonyl (C=O) groups excluding carboxylic acids is 1. The van der Waals surface area contributed by atoms with E-state index in [4.69, 9.17) is 0 Å². The van der Waals surface area contributed by atoms with Crippen LogP contribution < -0.4 is 16.6 Å². The summed E-state index contributed by atoms with van der Waals surface area (Å²) in [6.07, 6.45) is 0. The predicted octanol–water partition coefficient (Wildman–Crippen LogP) is 0.303. The molecule has 164 valence electrons. The van der Waals surface area contributed by atoms with Crippen molar-refractivity contribution in [3.8, 4) is 0 Å². The van der Waals surface area contributed by atoms with Gasteiger partial charge in [-0.1, -0.05) is 23.9 Å². The summed E-state index contributed by atoms with van der Waals surface area (Å²) in [7, 11) is 2.84. The monoisotopic (exact) mass is 449 g/mol. The molecule has 0 saturated heterocycles. The average molecular weight is 449 g/mol. The first-order chi connectivity index (χ1) is 14.6. The minimum atomic E-state index is -1.22. The number of nitrogens with zero attached hydrogens (tertiary/aromatic N) is 4. The number of rotatable bonds is 7. The standard InChI is InChI=1S/C19H20FN5O5S/c1-10(26)21-13(17(28)29)9-31-18-22-14-15(23(2)19(30)24(3)16(14)27)25(18)8-11-4-6-12(20)7-5-11/h4-7,13H,8-9H2,1-3H3,(H,21,26)(H,28,29)/t13-/m0/s1. The SMILES string of the molecule is CC(=O)N[C@@H](CSc1nc2c(=O)n(C)c(=O)n(C)c2n1Cc1ccc(F)cc1)C(=O)O. The maximum atomic E-state index is 13.3. The molecule has 3 rings (SSSR count). The minimum Gasteiger partial charge on any atom is -0.480 e. The molecule has 2 heterocycles. The molecular weight excluding hydrogens is 429 g/mol. The number of nitrogens with one attached hydrogen (secondary N) is 1. The van der Waals surface area contributed by atoms with Crippen LogP contribution in [0.25, 0.3) is 11.2 Å². The summed E-state index contributed by atoms with van der Waals surface area (Å²) in [6.45, 7) is 1.38. The van der Waals surface area contributed by atoms with Crippen molar-refractivity contribution in [3.05, 3.63) is 56.5 Å². The molecule has 0 bridgehead atoms. The molecule has 0 aliphatic carbocycles. The highest BCUT2D eigenvalue weighted by atomic mass is 32.2. The van der Waals surface area contributed by atoms with Gasteiger partial charge in [0.25, 0.3) is 5.56 Å². The lowest BCUT2D eigenvalue weighted by Crippen LogP contribution is -2.41. The van der Waals surface area contributed by atoms with Gasteiger partial charge in [0.1, 0.15) is 11.9 Å². The first-order valence-corrected chi connectivity index (χ1v) is 10.1. The van der Waals surface area contributed by atoms with Gasteiger partial charge in [-0.05, 0) is 17.7 Å². The third kappa shape index (κ3) is 4.53. The molecule has 0 saturated carbocycles. The molecule has 2 N–H and O–H groups in total. The number of aromatic nitrogens is 4. The second kappa shape index (κ2) is 8.76. The first-order valence-electron chi connectivity index (χ1n) is 9.13. The third-order valence-corrected chi connectivity index (χ3v) is 5.68. The van der Waals surface area contributed by atoms with Gasteiger partial charge < -0.3 is 15.0 Å². The van der Waals surface area contributed by atoms with Crippen molar-refractivity contribution >= 4 is 34.8 Å². The Balaban J connectivity index is 2.11. The van der Waals surface area contributed by atoms with Gasteiger partial charge in [-0.15, -0.1) is 0 Å². The fraction of sp³-hybridized carbons (Fsp3) is 0.316. The number of hydrogen-bond acceptors (Lipinski definition) is 6. The van der Waals surface area contributed by atoms with Crippen LogP contribution >= 0.6 is 11.8 Å². The summed E-state index contributed by atoms with van der Waals surface area (Å²) in [4.78, 5) is 52.2. The fourth-order valence-corrected chi connectivity index (χ4v) is 4.08. The molecule has 12 heteroatoms. The van der Waals surface area contributed by atoms with Crippen LogP contribution in [0.1, 0.15) is 12.5 Å². The Kier molecular flexibility index (Phi) is 6.29. The Morgan fingerprint density at radius 3 is 2.42 bits per heavy atom. The second-order valence-corrected chi connectivity index (χ2v) is 7.87. The van der Waals surface area contributed by atoms with Crippen molar-refractivity contribution in [1.82, 2.24) is 24.0 Å². The van der Waals surface area contributed by atoms with Crippen LogP contribution in [0.2, 0.25) is 0 Å². The molecule has 0 radical (unpaired) electrons. The van der Waals surface area contributed by atoms with Crippen molar-refractivity contribution < 1.29 is 19.1 Å². The molecule has 2 aromatic heterocycles. The predicted molar refractivity (Wildman–Crippen MR) is 112 cm³/mol. The van der Waals surface area contributed by atoms with E-state index < -0.39 is 35.0 Å². The zero-order valence-corrected chi connectivity index (χ0v) is 17.8. The Labute approximate surface area is 179 Å². The molecule has 0 unspecified atom stereocenters. The van der Waals surface area contributed by atoms with E-state index in [9.17, 15) is 28.7 Å². The van der Waals surface area contributed by atoms with Crippen LogP contribution in [-0.4, -0.2) is 47.5 Å². The quantitative estimate of drug-likeness (QED) is 0.497. The highest BCUT2D eigenvalue weighted by Gasteiger charge is 2.23. The van der Waals surface area contributed by atoms with Gasteiger partial charge in [0.15, 0.2) is 16.3 Å². The summed E-state index contributed by atoms with van der Waals surface area (Å²) in [5.41, 5.74) is -0.148. The highest BCUT2D eigenvalue weighted by Crippen LogP contribution is 2.24. The number of carboxylic acids is 1. The molecule has 0 aliphatic heterocycles. The number of thioether (sulfide) groups is 1. The molecule has 1 aromatic carbocycles. The highest BCUT2D eigenvalue weighted by molar-refractivity contribution is 7.99. The molecule has 0 aliphatic rings.